The summed E-state index contributed by atoms with van der Waals surface area (Å²) in [6.45, 7) is 4.06. The minimum absolute atomic E-state index is 0.371. The molecule has 0 amide bonds. The van der Waals surface area contributed by atoms with Crippen molar-refractivity contribution in [2.45, 2.75) is 51.0 Å². The van der Waals surface area contributed by atoms with E-state index in [2.05, 4.69) is 16.9 Å². The molecule has 0 aromatic carbocycles. The van der Waals surface area contributed by atoms with E-state index >= 15 is 0 Å². The molecule has 0 aliphatic carbocycles. The number of thiophene rings is 1. The zero-order valence-electron chi connectivity index (χ0n) is 12.4. The van der Waals surface area contributed by atoms with Crippen LogP contribution in [0.5, 0.6) is 0 Å². The predicted molar refractivity (Wildman–Crippen MR) is 88.6 cm³/mol. The minimum Gasteiger partial charge on any atom is -0.477 e. The van der Waals surface area contributed by atoms with Gasteiger partial charge < -0.3 is 5.11 Å². The van der Waals surface area contributed by atoms with Gasteiger partial charge in [0, 0.05) is 5.39 Å². The van der Waals surface area contributed by atoms with Gasteiger partial charge in [-0.3, -0.25) is 0 Å². The van der Waals surface area contributed by atoms with Gasteiger partial charge in [-0.05, 0) is 24.7 Å². The number of thioether (sulfide) groups is 1. The molecule has 2 heterocycles. The number of hydrogen-bond donors (Lipinski definition) is 1. The summed E-state index contributed by atoms with van der Waals surface area (Å²) < 4.78 is 0. The maximum Gasteiger partial charge on any atom is 0.346 e. The van der Waals surface area contributed by atoms with Gasteiger partial charge in [0.2, 0.25) is 0 Å². The van der Waals surface area contributed by atoms with Crippen LogP contribution in [0.1, 0.15) is 54.3 Å². The number of aromatic nitrogens is 2. The zero-order valence-corrected chi connectivity index (χ0v) is 14.0. The summed E-state index contributed by atoms with van der Waals surface area (Å²) in [4.78, 5) is 20.9. The molecule has 0 fully saturated rings. The maximum atomic E-state index is 11.2. The van der Waals surface area contributed by atoms with Crippen molar-refractivity contribution in [2.75, 3.05) is 5.75 Å². The number of carbonyl (C=O) groups is 1. The summed E-state index contributed by atoms with van der Waals surface area (Å²) in [5.41, 5.74) is 0.789. The minimum atomic E-state index is -0.883. The third kappa shape index (κ3) is 3.95. The number of aryl methyl sites for hydroxylation is 1. The Bertz CT molecular complexity index is 625. The van der Waals surface area contributed by atoms with Crippen LogP contribution in [-0.2, 0) is 0 Å². The Kier molecular flexibility index (Phi) is 5.99. The van der Waals surface area contributed by atoms with Gasteiger partial charge in [-0.25, -0.2) is 14.8 Å². The molecule has 114 valence electrons. The van der Waals surface area contributed by atoms with Crippen molar-refractivity contribution in [1.82, 2.24) is 9.97 Å². The predicted octanol–water partition coefficient (Wildman–Crippen LogP) is 4.76. The quantitative estimate of drug-likeness (QED) is 0.431. The van der Waals surface area contributed by atoms with Gasteiger partial charge in [-0.1, -0.05) is 32.6 Å². The van der Waals surface area contributed by atoms with Crippen molar-refractivity contribution in [3.63, 3.8) is 0 Å². The van der Waals surface area contributed by atoms with Crippen LogP contribution >= 0.6 is 23.1 Å². The number of nitrogens with zero attached hydrogens (tertiary/aromatic N) is 2. The fraction of sp³-hybridized carbons (Fsp3) is 0.533. The van der Waals surface area contributed by atoms with Gasteiger partial charge in [0.05, 0.1) is 0 Å². The Morgan fingerprint density at radius 2 is 2.05 bits per heavy atom. The van der Waals surface area contributed by atoms with E-state index in [0.29, 0.717) is 4.88 Å². The summed E-state index contributed by atoms with van der Waals surface area (Å²) in [6, 6.07) is 0. The highest BCUT2D eigenvalue weighted by Gasteiger charge is 2.18. The summed E-state index contributed by atoms with van der Waals surface area (Å²) in [6.07, 6.45) is 7.79. The SMILES string of the molecule is CCCCCCCSc1ncnc2sc(C(=O)O)c(C)c12. The van der Waals surface area contributed by atoms with Crippen molar-refractivity contribution >= 4 is 39.3 Å². The van der Waals surface area contributed by atoms with Gasteiger partial charge in [-0.15, -0.1) is 23.1 Å². The monoisotopic (exact) mass is 324 g/mol. The first-order chi connectivity index (χ1) is 10.1. The van der Waals surface area contributed by atoms with E-state index in [-0.39, 0.29) is 0 Å². The van der Waals surface area contributed by atoms with Crippen molar-refractivity contribution in [1.29, 1.82) is 0 Å². The van der Waals surface area contributed by atoms with Gasteiger partial charge in [-0.2, -0.15) is 0 Å². The Morgan fingerprint density at radius 1 is 1.29 bits per heavy atom. The van der Waals surface area contributed by atoms with Crippen LogP contribution < -0.4 is 0 Å². The second kappa shape index (κ2) is 7.75. The van der Waals surface area contributed by atoms with Gasteiger partial charge in [0.25, 0.3) is 0 Å². The summed E-state index contributed by atoms with van der Waals surface area (Å²) in [5, 5.41) is 11.0. The molecule has 0 aliphatic heterocycles. The van der Waals surface area contributed by atoms with Crippen LogP contribution in [0.15, 0.2) is 11.4 Å². The summed E-state index contributed by atoms with van der Waals surface area (Å²) >= 11 is 2.94. The van der Waals surface area contributed by atoms with Gasteiger partial charge >= 0.3 is 5.97 Å². The lowest BCUT2D eigenvalue weighted by atomic mass is 10.2. The molecular formula is C15H20N2O2S2. The number of fused-ring (bicyclic) bond motifs is 1. The Morgan fingerprint density at radius 3 is 2.76 bits per heavy atom. The van der Waals surface area contributed by atoms with E-state index < -0.39 is 5.97 Å². The first-order valence-corrected chi connectivity index (χ1v) is 9.05. The Labute approximate surface area is 133 Å². The van der Waals surface area contributed by atoms with E-state index in [1.54, 1.807) is 11.8 Å². The van der Waals surface area contributed by atoms with E-state index in [1.807, 2.05) is 6.92 Å². The van der Waals surface area contributed by atoms with Crippen LogP contribution in [-0.4, -0.2) is 26.8 Å². The molecule has 0 saturated heterocycles. The van der Waals surface area contributed by atoms with E-state index in [9.17, 15) is 9.90 Å². The third-order valence-corrected chi connectivity index (χ3v) is 5.64. The molecule has 0 radical (unpaired) electrons. The molecule has 0 saturated carbocycles. The largest absolute Gasteiger partial charge is 0.477 e. The Hall–Kier alpha value is -1.14. The second-order valence-electron chi connectivity index (χ2n) is 4.98. The van der Waals surface area contributed by atoms with Crippen molar-refractivity contribution in [3.05, 3.63) is 16.8 Å². The number of carboxylic acid groups (broad SMARTS) is 1. The van der Waals surface area contributed by atoms with Crippen LogP contribution in [0.3, 0.4) is 0 Å². The van der Waals surface area contributed by atoms with Crippen molar-refractivity contribution in [2.24, 2.45) is 0 Å². The van der Waals surface area contributed by atoms with Crippen LogP contribution in [0.25, 0.3) is 10.2 Å². The van der Waals surface area contributed by atoms with Crippen LogP contribution in [0.2, 0.25) is 0 Å². The Balaban J connectivity index is 2.08. The van der Waals surface area contributed by atoms with Gasteiger partial charge in [0.1, 0.15) is 21.1 Å². The molecule has 0 spiro atoms. The number of carboxylic acids is 1. The standard InChI is InChI=1S/C15H20N2O2S2/c1-3-4-5-6-7-8-20-13-11-10(2)12(15(18)19)21-14(11)17-9-16-13/h9H,3-8H2,1-2H3,(H,18,19). The highest BCUT2D eigenvalue weighted by molar-refractivity contribution is 7.99. The molecule has 6 heteroatoms. The number of aromatic carboxylic acids is 1. The fourth-order valence-corrected chi connectivity index (χ4v) is 4.34. The summed E-state index contributed by atoms with van der Waals surface area (Å²) in [7, 11) is 0. The molecule has 0 bridgehead atoms. The smallest absolute Gasteiger partial charge is 0.346 e. The first-order valence-electron chi connectivity index (χ1n) is 7.25. The van der Waals surface area contributed by atoms with Crippen molar-refractivity contribution in [3.8, 4) is 0 Å². The highest BCUT2D eigenvalue weighted by Crippen LogP contribution is 2.35. The molecule has 4 nitrogen and oxygen atoms in total. The molecule has 2 aromatic rings. The van der Waals surface area contributed by atoms with E-state index in [1.165, 1.54) is 49.8 Å². The fourth-order valence-electron chi connectivity index (χ4n) is 2.23. The van der Waals surface area contributed by atoms with Crippen LogP contribution in [0.4, 0.5) is 0 Å². The van der Waals surface area contributed by atoms with Crippen molar-refractivity contribution < 1.29 is 9.90 Å². The lowest BCUT2D eigenvalue weighted by Crippen LogP contribution is -1.94. The molecule has 1 N–H and O–H groups in total. The number of rotatable bonds is 8. The number of hydrogen-bond acceptors (Lipinski definition) is 5. The van der Waals surface area contributed by atoms with Crippen LogP contribution in [0, 0.1) is 6.92 Å². The molecule has 0 atom stereocenters. The topological polar surface area (TPSA) is 63.1 Å². The summed E-state index contributed by atoms with van der Waals surface area (Å²) in [5.74, 6) is 0.138. The molecule has 0 aliphatic rings. The second-order valence-corrected chi connectivity index (χ2v) is 7.07. The maximum absolute atomic E-state index is 11.2. The molecule has 2 rings (SSSR count). The molecule has 21 heavy (non-hydrogen) atoms. The normalized spacial score (nSPS) is 11.1. The molecular weight excluding hydrogens is 304 g/mol. The lowest BCUT2D eigenvalue weighted by molar-refractivity contribution is 0.0701. The molecule has 2 aromatic heterocycles. The average molecular weight is 324 g/mol. The highest BCUT2D eigenvalue weighted by atomic mass is 32.2. The van der Waals surface area contributed by atoms with E-state index in [0.717, 1.165) is 26.6 Å². The number of unbranched alkanes of at least 4 members (excludes halogenated alkanes) is 4. The van der Waals surface area contributed by atoms with E-state index in [4.69, 9.17) is 0 Å². The average Bonchev–Trinajstić information content (AvgIpc) is 2.81. The third-order valence-electron chi connectivity index (χ3n) is 3.37. The zero-order chi connectivity index (χ0) is 15.2. The van der Waals surface area contributed by atoms with Gasteiger partial charge in [0.15, 0.2) is 0 Å². The first kappa shape index (κ1) is 16.2. The molecule has 0 unspecified atom stereocenters. The lowest BCUT2D eigenvalue weighted by Gasteiger charge is -2.03.